The minimum atomic E-state index is -3.39. The van der Waals surface area contributed by atoms with Crippen molar-refractivity contribution in [1.29, 1.82) is 0 Å². The fraction of sp³-hybridized carbons (Fsp3) is 0.538. The molecular formula is C13H22N2O2S. The van der Waals surface area contributed by atoms with E-state index in [9.17, 15) is 8.42 Å². The number of rotatable bonds is 5. The Morgan fingerprint density at radius 2 is 1.94 bits per heavy atom. The molecule has 0 atom stereocenters. The zero-order valence-electron chi connectivity index (χ0n) is 11.7. The van der Waals surface area contributed by atoms with Gasteiger partial charge in [0.25, 0.3) is 0 Å². The van der Waals surface area contributed by atoms with Crippen molar-refractivity contribution < 1.29 is 8.42 Å². The Balaban J connectivity index is 3.21. The van der Waals surface area contributed by atoms with E-state index < -0.39 is 10.0 Å². The summed E-state index contributed by atoms with van der Waals surface area (Å²) in [6.45, 7) is 6.37. The molecule has 0 aliphatic rings. The molecule has 0 saturated carbocycles. The highest BCUT2D eigenvalue weighted by atomic mass is 32.2. The van der Waals surface area contributed by atoms with Crippen molar-refractivity contribution in [2.45, 2.75) is 38.3 Å². The Bertz CT molecular complexity index is 510. The third kappa shape index (κ3) is 3.10. The molecule has 18 heavy (non-hydrogen) atoms. The Morgan fingerprint density at radius 1 is 1.33 bits per heavy atom. The molecule has 4 nitrogen and oxygen atoms in total. The maximum atomic E-state index is 12.3. The number of hydrogen-bond donors (Lipinski definition) is 1. The van der Waals surface area contributed by atoms with Gasteiger partial charge in [0.2, 0.25) is 10.0 Å². The van der Waals surface area contributed by atoms with Crippen LogP contribution < -0.4 is 5.32 Å². The molecule has 0 aliphatic carbocycles. The highest BCUT2D eigenvalue weighted by Crippen LogP contribution is 2.20. The van der Waals surface area contributed by atoms with Gasteiger partial charge >= 0.3 is 0 Å². The second kappa shape index (κ2) is 5.82. The average Bonchev–Trinajstić information content (AvgIpc) is 2.30. The highest BCUT2D eigenvalue weighted by molar-refractivity contribution is 7.89. The summed E-state index contributed by atoms with van der Waals surface area (Å²) in [6, 6.07) is 5.22. The van der Waals surface area contributed by atoms with E-state index in [1.165, 1.54) is 4.31 Å². The average molecular weight is 270 g/mol. The predicted molar refractivity (Wildman–Crippen MR) is 74.0 cm³/mol. The molecule has 0 spiro atoms. The molecule has 1 rings (SSSR count). The molecule has 0 aliphatic heterocycles. The van der Waals surface area contributed by atoms with E-state index in [0.717, 1.165) is 11.1 Å². The fourth-order valence-corrected chi connectivity index (χ4v) is 3.05. The van der Waals surface area contributed by atoms with Crippen LogP contribution in [0, 0.1) is 6.92 Å². The molecule has 0 unspecified atom stereocenters. The lowest BCUT2D eigenvalue weighted by molar-refractivity contribution is 0.410. The van der Waals surface area contributed by atoms with E-state index in [1.54, 1.807) is 19.2 Å². The third-order valence-corrected chi connectivity index (χ3v) is 5.12. The molecule has 1 aromatic rings. The minimum Gasteiger partial charge on any atom is -0.316 e. The summed E-state index contributed by atoms with van der Waals surface area (Å²) in [5.41, 5.74) is 2.10. The smallest absolute Gasteiger partial charge is 0.243 e. The summed E-state index contributed by atoms with van der Waals surface area (Å²) in [5, 5.41) is 3.05. The number of nitrogens with one attached hydrogen (secondary N) is 1. The van der Waals surface area contributed by atoms with Gasteiger partial charge in [-0.3, -0.25) is 0 Å². The summed E-state index contributed by atoms with van der Waals surface area (Å²) < 4.78 is 26.1. The van der Waals surface area contributed by atoms with Gasteiger partial charge in [0.05, 0.1) is 4.90 Å². The number of aryl methyl sites for hydroxylation is 1. The first kappa shape index (κ1) is 15.1. The molecule has 5 heteroatoms. The molecular weight excluding hydrogens is 248 g/mol. The quantitative estimate of drug-likeness (QED) is 0.886. The van der Waals surface area contributed by atoms with E-state index in [-0.39, 0.29) is 6.04 Å². The number of sulfonamides is 1. The molecule has 0 fully saturated rings. The lowest BCUT2D eigenvalue weighted by atomic mass is 10.1. The van der Waals surface area contributed by atoms with E-state index in [0.29, 0.717) is 11.4 Å². The van der Waals surface area contributed by atoms with Crippen LogP contribution in [0.5, 0.6) is 0 Å². The van der Waals surface area contributed by atoms with Crippen LogP contribution >= 0.6 is 0 Å². The van der Waals surface area contributed by atoms with Crippen molar-refractivity contribution in [3.8, 4) is 0 Å². The fourth-order valence-electron chi connectivity index (χ4n) is 1.63. The molecule has 0 bridgehead atoms. The summed E-state index contributed by atoms with van der Waals surface area (Å²) >= 11 is 0. The largest absolute Gasteiger partial charge is 0.316 e. The lowest BCUT2D eigenvalue weighted by Gasteiger charge is -2.21. The van der Waals surface area contributed by atoms with Gasteiger partial charge in [-0.05, 0) is 51.1 Å². The van der Waals surface area contributed by atoms with Crippen LogP contribution in [0.1, 0.15) is 25.0 Å². The number of nitrogens with zero attached hydrogens (tertiary/aromatic N) is 1. The van der Waals surface area contributed by atoms with Crippen LogP contribution in [0.2, 0.25) is 0 Å². The molecule has 0 saturated heterocycles. The minimum absolute atomic E-state index is 0.0518. The van der Waals surface area contributed by atoms with E-state index in [1.807, 2.05) is 33.9 Å². The summed E-state index contributed by atoms with van der Waals surface area (Å²) in [6.07, 6.45) is 0. The molecule has 0 heterocycles. The topological polar surface area (TPSA) is 49.4 Å². The van der Waals surface area contributed by atoms with Crippen LogP contribution in [0.15, 0.2) is 23.1 Å². The molecule has 0 radical (unpaired) electrons. The lowest BCUT2D eigenvalue weighted by Crippen LogP contribution is -2.33. The summed E-state index contributed by atoms with van der Waals surface area (Å²) in [7, 11) is 0.0665. The van der Waals surface area contributed by atoms with E-state index in [2.05, 4.69) is 5.32 Å². The van der Waals surface area contributed by atoms with Gasteiger partial charge in [0.1, 0.15) is 0 Å². The molecule has 0 amide bonds. The zero-order valence-corrected chi connectivity index (χ0v) is 12.5. The van der Waals surface area contributed by atoms with Gasteiger partial charge in [-0.15, -0.1) is 0 Å². The Kier molecular flexibility index (Phi) is 4.90. The van der Waals surface area contributed by atoms with Gasteiger partial charge < -0.3 is 5.32 Å². The number of hydrogen-bond acceptors (Lipinski definition) is 3. The third-order valence-electron chi connectivity index (χ3n) is 3.09. The Morgan fingerprint density at radius 3 is 2.44 bits per heavy atom. The van der Waals surface area contributed by atoms with Crippen LogP contribution in [-0.4, -0.2) is 32.9 Å². The van der Waals surface area contributed by atoms with Crippen molar-refractivity contribution in [2.75, 3.05) is 14.1 Å². The van der Waals surface area contributed by atoms with Crippen LogP contribution in [-0.2, 0) is 16.6 Å². The first-order chi connectivity index (χ1) is 8.30. The van der Waals surface area contributed by atoms with Gasteiger partial charge in [-0.2, -0.15) is 4.31 Å². The monoisotopic (exact) mass is 270 g/mol. The second-order valence-corrected chi connectivity index (χ2v) is 6.73. The second-order valence-electron chi connectivity index (χ2n) is 4.73. The van der Waals surface area contributed by atoms with E-state index in [4.69, 9.17) is 0 Å². The maximum Gasteiger partial charge on any atom is 0.243 e. The van der Waals surface area contributed by atoms with Crippen molar-refractivity contribution in [3.05, 3.63) is 29.3 Å². The Hall–Kier alpha value is -0.910. The van der Waals surface area contributed by atoms with Gasteiger partial charge in [-0.1, -0.05) is 6.07 Å². The van der Waals surface area contributed by atoms with Crippen LogP contribution in [0.4, 0.5) is 0 Å². The molecule has 102 valence electrons. The SMILES string of the molecule is CNCc1cc(S(=O)(=O)N(C)C(C)C)ccc1C. The van der Waals surface area contributed by atoms with Gasteiger partial charge in [-0.25, -0.2) is 8.42 Å². The van der Waals surface area contributed by atoms with Crippen molar-refractivity contribution >= 4 is 10.0 Å². The molecule has 1 aromatic carbocycles. The van der Waals surface area contributed by atoms with Gasteiger partial charge in [0.15, 0.2) is 0 Å². The van der Waals surface area contributed by atoms with Crippen molar-refractivity contribution in [2.24, 2.45) is 0 Å². The summed E-state index contributed by atoms with van der Waals surface area (Å²) in [4.78, 5) is 0.356. The van der Waals surface area contributed by atoms with Crippen molar-refractivity contribution in [1.82, 2.24) is 9.62 Å². The molecule has 0 aromatic heterocycles. The molecule has 1 N–H and O–H groups in total. The first-order valence-electron chi connectivity index (χ1n) is 6.03. The van der Waals surface area contributed by atoms with Crippen LogP contribution in [0.25, 0.3) is 0 Å². The highest BCUT2D eigenvalue weighted by Gasteiger charge is 2.23. The maximum absolute atomic E-state index is 12.3. The summed E-state index contributed by atoms with van der Waals surface area (Å²) in [5.74, 6) is 0. The zero-order chi connectivity index (χ0) is 13.9. The number of benzene rings is 1. The van der Waals surface area contributed by atoms with Gasteiger partial charge in [0, 0.05) is 19.6 Å². The Labute approximate surface area is 110 Å². The standard InChI is InChI=1S/C13H22N2O2S/c1-10(2)15(5)18(16,17)13-7-6-11(3)12(8-13)9-14-4/h6-8,10,14H,9H2,1-5H3. The predicted octanol–water partition coefficient (Wildman–Crippen LogP) is 1.74. The van der Waals surface area contributed by atoms with E-state index >= 15 is 0 Å². The van der Waals surface area contributed by atoms with Crippen LogP contribution in [0.3, 0.4) is 0 Å². The first-order valence-corrected chi connectivity index (χ1v) is 7.47. The van der Waals surface area contributed by atoms with Crippen molar-refractivity contribution in [3.63, 3.8) is 0 Å². The normalized spacial score (nSPS) is 12.4.